The van der Waals surface area contributed by atoms with Crippen LogP contribution in [0.5, 0.6) is 0 Å². The van der Waals surface area contributed by atoms with Gasteiger partial charge < -0.3 is 5.11 Å². The molecule has 2 rings (SSSR count). The second kappa shape index (κ2) is 4.64. The fourth-order valence-corrected chi connectivity index (χ4v) is 1.79. The van der Waals surface area contributed by atoms with Crippen molar-refractivity contribution >= 4 is 11.6 Å². The van der Waals surface area contributed by atoms with Crippen LogP contribution in [-0.4, -0.2) is 5.11 Å². The molecule has 82 valence electrons. The Kier molecular flexibility index (Phi) is 3.22. The molecule has 0 aliphatic rings. The number of hydrogen-bond acceptors (Lipinski definition) is 1. The van der Waals surface area contributed by atoms with Crippen molar-refractivity contribution < 1.29 is 9.50 Å². The SMILES string of the molecule is OC(c1cccc(F)c1)c1ccccc1Cl. The average molecular weight is 237 g/mol. The highest BCUT2D eigenvalue weighted by Gasteiger charge is 2.13. The van der Waals surface area contributed by atoms with Crippen LogP contribution in [0.15, 0.2) is 48.5 Å². The van der Waals surface area contributed by atoms with Gasteiger partial charge in [-0.25, -0.2) is 4.39 Å². The highest BCUT2D eigenvalue weighted by atomic mass is 35.5. The first-order valence-corrected chi connectivity index (χ1v) is 5.24. The van der Waals surface area contributed by atoms with Crippen molar-refractivity contribution in [2.45, 2.75) is 6.10 Å². The number of rotatable bonds is 2. The van der Waals surface area contributed by atoms with E-state index in [0.29, 0.717) is 16.1 Å². The van der Waals surface area contributed by atoms with Gasteiger partial charge in [0.05, 0.1) is 0 Å². The first-order valence-electron chi connectivity index (χ1n) is 4.86. The molecule has 0 spiro atoms. The third-order valence-corrected chi connectivity index (χ3v) is 2.71. The molecule has 0 saturated carbocycles. The van der Waals surface area contributed by atoms with Crippen LogP contribution in [0.2, 0.25) is 5.02 Å². The van der Waals surface area contributed by atoms with Crippen LogP contribution in [0.25, 0.3) is 0 Å². The van der Waals surface area contributed by atoms with Gasteiger partial charge in [0.2, 0.25) is 0 Å². The van der Waals surface area contributed by atoms with Gasteiger partial charge in [-0.3, -0.25) is 0 Å². The van der Waals surface area contributed by atoms with E-state index < -0.39 is 6.10 Å². The third-order valence-electron chi connectivity index (χ3n) is 2.36. The Labute approximate surface area is 98.1 Å². The zero-order chi connectivity index (χ0) is 11.5. The Bertz CT molecular complexity index is 499. The highest BCUT2D eigenvalue weighted by Crippen LogP contribution is 2.28. The van der Waals surface area contributed by atoms with Crippen LogP contribution in [0.3, 0.4) is 0 Å². The zero-order valence-electron chi connectivity index (χ0n) is 8.40. The lowest BCUT2D eigenvalue weighted by atomic mass is 10.0. The number of aliphatic hydroxyl groups excluding tert-OH is 1. The maximum atomic E-state index is 13.0. The predicted molar refractivity (Wildman–Crippen MR) is 61.9 cm³/mol. The van der Waals surface area contributed by atoms with E-state index in [2.05, 4.69) is 0 Å². The molecular formula is C13H10ClFO. The standard InChI is InChI=1S/C13H10ClFO/c14-12-7-2-1-6-11(12)13(16)9-4-3-5-10(15)8-9/h1-8,13,16H. The van der Waals surface area contributed by atoms with Gasteiger partial charge in [0.15, 0.2) is 0 Å². The Morgan fingerprint density at radius 2 is 1.81 bits per heavy atom. The largest absolute Gasteiger partial charge is 0.384 e. The summed E-state index contributed by atoms with van der Waals surface area (Å²) < 4.78 is 13.0. The lowest BCUT2D eigenvalue weighted by Crippen LogP contribution is -2.00. The van der Waals surface area contributed by atoms with E-state index in [0.717, 1.165) is 0 Å². The van der Waals surface area contributed by atoms with Crippen molar-refractivity contribution in [2.75, 3.05) is 0 Å². The van der Waals surface area contributed by atoms with E-state index in [1.807, 2.05) is 0 Å². The Morgan fingerprint density at radius 3 is 2.50 bits per heavy atom. The molecule has 1 atom stereocenters. The molecule has 2 aromatic rings. The van der Waals surface area contributed by atoms with Crippen molar-refractivity contribution in [1.29, 1.82) is 0 Å². The van der Waals surface area contributed by atoms with Crippen LogP contribution in [0.4, 0.5) is 4.39 Å². The molecule has 1 N–H and O–H groups in total. The molecule has 0 heterocycles. The monoisotopic (exact) mass is 236 g/mol. The molecule has 0 saturated heterocycles. The molecule has 0 aromatic heterocycles. The molecular weight excluding hydrogens is 227 g/mol. The Balaban J connectivity index is 2.39. The molecule has 0 bridgehead atoms. The molecule has 1 unspecified atom stereocenters. The molecule has 0 amide bonds. The van der Waals surface area contributed by atoms with Crippen molar-refractivity contribution in [3.63, 3.8) is 0 Å². The fourth-order valence-electron chi connectivity index (χ4n) is 1.55. The highest BCUT2D eigenvalue weighted by molar-refractivity contribution is 6.31. The number of hydrogen-bond donors (Lipinski definition) is 1. The van der Waals surface area contributed by atoms with Gasteiger partial charge in [0.1, 0.15) is 11.9 Å². The lowest BCUT2D eigenvalue weighted by Gasteiger charge is -2.12. The van der Waals surface area contributed by atoms with E-state index in [1.165, 1.54) is 12.1 Å². The topological polar surface area (TPSA) is 20.2 Å². The van der Waals surface area contributed by atoms with E-state index in [4.69, 9.17) is 11.6 Å². The van der Waals surface area contributed by atoms with Crippen molar-refractivity contribution in [3.05, 3.63) is 70.5 Å². The lowest BCUT2D eigenvalue weighted by molar-refractivity contribution is 0.220. The summed E-state index contributed by atoms with van der Waals surface area (Å²) >= 11 is 5.96. The first-order chi connectivity index (χ1) is 7.68. The third kappa shape index (κ3) is 2.23. The minimum atomic E-state index is -0.899. The number of aliphatic hydroxyl groups is 1. The van der Waals surface area contributed by atoms with Crippen molar-refractivity contribution in [3.8, 4) is 0 Å². The van der Waals surface area contributed by atoms with E-state index >= 15 is 0 Å². The quantitative estimate of drug-likeness (QED) is 0.845. The molecule has 0 fully saturated rings. The van der Waals surface area contributed by atoms with Crippen LogP contribution in [0.1, 0.15) is 17.2 Å². The fraction of sp³-hybridized carbons (Fsp3) is 0.0769. The summed E-state index contributed by atoms with van der Waals surface area (Å²) in [6, 6.07) is 12.8. The summed E-state index contributed by atoms with van der Waals surface area (Å²) in [5.74, 6) is -0.372. The summed E-state index contributed by atoms with van der Waals surface area (Å²) in [5, 5.41) is 10.5. The minimum Gasteiger partial charge on any atom is -0.384 e. The van der Waals surface area contributed by atoms with Gasteiger partial charge in [-0.15, -0.1) is 0 Å². The summed E-state index contributed by atoms with van der Waals surface area (Å²) in [4.78, 5) is 0. The van der Waals surface area contributed by atoms with Crippen LogP contribution in [0, 0.1) is 5.82 Å². The molecule has 16 heavy (non-hydrogen) atoms. The molecule has 0 radical (unpaired) electrons. The second-order valence-electron chi connectivity index (χ2n) is 3.48. The van der Waals surface area contributed by atoms with Gasteiger partial charge in [-0.05, 0) is 23.8 Å². The maximum absolute atomic E-state index is 13.0. The molecule has 0 aliphatic heterocycles. The molecule has 0 aliphatic carbocycles. The average Bonchev–Trinajstić information content (AvgIpc) is 2.29. The van der Waals surface area contributed by atoms with Gasteiger partial charge in [-0.1, -0.05) is 41.9 Å². The summed E-state index contributed by atoms with van der Waals surface area (Å²) in [6.45, 7) is 0. The van der Waals surface area contributed by atoms with Crippen molar-refractivity contribution in [1.82, 2.24) is 0 Å². The van der Waals surface area contributed by atoms with E-state index in [-0.39, 0.29) is 5.82 Å². The number of benzene rings is 2. The van der Waals surface area contributed by atoms with Crippen LogP contribution in [-0.2, 0) is 0 Å². The van der Waals surface area contributed by atoms with Gasteiger partial charge >= 0.3 is 0 Å². The van der Waals surface area contributed by atoms with Crippen LogP contribution < -0.4 is 0 Å². The molecule has 3 heteroatoms. The van der Waals surface area contributed by atoms with E-state index in [1.54, 1.807) is 36.4 Å². The summed E-state index contributed by atoms with van der Waals surface area (Å²) in [6.07, 6.45) is -0.899. The van der Waals surface area contributed by atoms with E-state index in [9.17, 15) is 9.50 Å². The van der Waals surface area contributed by atoms with Crippen molar-refractivity contribution in [2.24, 2.45) is 0 Å². The Morgan fingerprint density at radius 1 is 1.06 bits per heavy atom. The normalized spacial score (nSPS) is 12.4. The molecule has 1 nitrogen and oxygen atoms in total. The zero-order valence-corrected chi connectivity index (χ0v) is 9.16. The van der Waals surface area contributed by atoms with Gasteiger partial charge in [0, 0.05) is 10.6 Å². The smallest absolute Gasteiger partial charge is 0.123 e. The first kappa shape index (κ1) is 11.1. The molecule has 2 aromatic carbocycles. The summed E-state index contributed by atoms with van der Waals surface area (Å²) in [7, 11) is 0. The van der Waals surface area contributed by atoms with Gasteiger partial charge in [0.25, 0.3) is 0 Å². The minimum absolute atomic E-state index is 0.372. The van der Waals surface area contributed by atoms with Gasteiger partial charge in [-0.2, -0.15) is 0 Å². The van der Waals surface area contributed by atoms with Crippen LogP contribution >= 0.6 is 11.6 Å². The number of halogens is 2. The predicted octanol–water partition coefficient (Wildman–Crippen LogP) is 3.56. The Hall–Kier alpha value is -1.38. The summed E-state index contributed by atoms with van der Waals surface area (Å²) in [5.41, 5.74) is 1.07. The maximum Gasteiger partial charge on any atom is 0.123 e. The second-order valence-corrected chi connectivity index (χ2v) is 3.89.